The Bertz CT molecular complexity index is 238. The normalized spacial score (nSPS) is 27.5. The lowest BCUT2D eigenvalue weighted by Gasteiger charge is -2.42. The fraction of sp³-hybridized carbons (Fsp3) is 0.857. The summed E-state index contributed by atoms with van der Waals surface area (Å²) in [7, 11) is 0. The van der Waals surface area contributed by atoms with E-state index in [9.17, 15) is 0 Å². The molecule has 100 valence electrons. The SMILES string of the molecule is CC(C)CC1CN(C/C=C/Cl)C(C(C)C)CN1. The molecule has 2 atom stereocenters. The molecule has 1 rings (SSSR count). The first kappa shape index (κ1) is 15.0. The van der Waals surface area contributed by atoms with Gasteiger partial charge in [0.05, 0.1) is 0 Å². The van der Waals surface area contributed by atoms with E-state index in [0.29, 0.717) is 18.0 Å². The minimum absolute atomic E-state index is 0.631. The number of rotatable bonds is 5. The van der Waals surface area contributed by atoms with Gasteiger partial charge in [0, 0.05) is 37.3 Å². The Balaban J connectivity index is 2.56. The molecule has 0 aromatic heterocycles. The van der Waals surface area contributed by atoms with Crippen LogP contribution < -0.4 is 5.32 Å². The Morgan fingerprint density at radius 3 is 2.59 bits per heavy atom. The summed E-state index contributed by atoms with van der Waals surface area (Å²) in [4.78, 5) is 2.56. The number of halogens is 1. The van der Waals surface area contributed by atoms with Crippen molar-refractivity contribution in [2.45, 2.75) is 46.2 Å². The van der Waals surface area contributed by atoms with Gasteiger partial charge in [-0.15, -0.1) is 0 Å². The molecule has 1 aliphatic heterocycles. The molecule has 0 saturated carbocycles. The molecular weight excluding hydrogens is 232 g/mol. The van der Waals surface area contributed by atoms with Crippen LogP contribution in [0.4, 0.5) is 0 Å². The van der Waals surface area contributed by atoms with Gasteiger partial charge in [-0.2, -0.15) is 0 Å². The number of hydrogen-bond acceptors (Lipinski definition) is 2. The van der Waals surface area contributed by atoms with Crippen molar-refractivity contribution >= 4 is 11.6 Å². The van der Waals surface area contributed by atoms with Gasteiger partial charge in [0.1, 0.15) is 0 Å². The summed E-state index contributed by atoms with van der Waals surface area (Å²) in [5.74, 6) is 1.44. The summed E-state index contributed by atoms with van der Waals surface area (Å²) in [6.45, 7) is 12.4. The zero-order valence-electron chi connectivity index (χ0n) is 11.6. The fourth-order valence-corrected chi connectivity index (χ4v) is 2.75. The van der Waals surface area contributed by atoms with Gasteiger partial charge < -0.3 is 5.32 Å². The molecule has 1 heterocycles. The monoisotopic (exact) mass is 258 g/mol. The lowest BCUT2D eigenvalue weighted by molar-refractivity contribution is 0.104. The highest BCUT2D eigenvalue weighted by Gasteiger charge is 2.29. The number of nitrogens with zero attached hydrogens (tertiary/aromatic N) is 1. The van der Waals surface area contributed by atoms with E-state index in [2.05, 4.69) is 44.0 Å². The van der Waals surface area contributed by atoms with Crippen LogP contribution in [0.5, 0.6) is 0 Å². The molecule has 0 aliphatic carbocycles. The Kier molecular flexibility index (Phi) is 6.53. The largest absolute Gasteiger partial charge is 0.311 e. The zero-order valence-corrected chi connectivity index (χ0v) is 12.4. The third-order valence-corrected chi connectivity index (χ3v) is 3.67. The molecule has 1 N–H and O–H groups in total. The van der Waals surface area contributed by atoms with E-state index in [4.69, 9.17) is 11.6 Å². The number of nitrogens with one attached hydrogen (secondary N) is 1. The van der Waals surface area contributed by atoms with Crippen molar-refractivity contribution in [1.29, 1.82) is 0 Å². The maximum Gasteiger partial charge on any atom is 0.0247 e. The van der Waals surface area contributed by atoms with Gasteiger partial charge in [0.25, 0.3) is 0 Å². The molecule has 17 heavy (non-hydrogen) atoms. The lowest BCUT2D eigenvalue weighted by atomic mass is 9.95. The summed E-state index contributed by atoms with van der Waals surface area (Å²) in [6, 6.07) is 1.26. The summed E-state index contributed by atoms with van der Waals surface area (Å²) in [6.07, 6.45) is 3.31. The molecule has 0 bridgehead atoms. The van der Waals surface area contributed by atoms with Crippen LogP contribution in [0.3, 0.4) is 0 Å². The minimum atomic E-state index is 0.631. The lowest BCUT2D eigenvalue weighted by Crippen LogP contribution is -2.58. The van der Waals surface area contributed by atoms with Crippen LogP contribution in [0.2, 0.25) is 0 Å². The quantitative estimate of drug-likeness (QED) is 0.815. The molecule has 0 aromatic rings. The van der Waals surface area contributed by atoms with Crippen molar-refractivity contribution in [3.05, 3.63) is 11.6 Å². The Morgan fingerprint density at radius 1 is 1.35 bits per heavy atom. The fourth-order valence-electron chi connectivity index (χ4n) is 2.67. The van der Waals surface area contributed by atoms with Gasteiger partial charge in [-0.25, -0.2) is 0 Å². The van der Waals surface area contributed by atoms with Crippen LogP contribution in [0.1, 0.15) is 34.1 Å². The first-order valence-electron chi connectivity index (χ1n) is 6.77. The van der Waals surface area contributed by atoms with Gasteiger partial charge >= 0.3 is 0 Å². The molecule has 0 spiro atoms. The highest BCUT2D eigenvalue weighted by molar-refractivity contribution is 6.25. The summed E-state index contributed by atoms with van der Waals surface area (Å²) >= 11 is 5.65. The summed E-state index contributed by atoms with van der Waals surface area (Å²) in [5.41, 5.74) is 1.64. The topological polar surface area (TPSA) is 15.3 Å². The first-order valence-corrected chi connectivity index (χ1v) is 7.20. The highest BCUT2D eigenvalue weighted by Crippen LogP contribution is 2.18. The molecule has 1 fully saturated rings. The van der Waals surface area contributed by atoms with Gasteiger partial charge in [0.2, 0.25) is 0 Å². The van der Waals surface area contributed by atoms with E-state index in [-0.39, 0.29) is 0 Å². The second-order valence-corrected chi connectivity index (χ2v) is 6.11. The molecular formula is C14H27ClN2. The van der Waals surface area contributed by atoms with Crippen LogP contribution in [-0.2, 0) is 0 Å². The van der Waals surface area contributed by atoms with Gasteiger partial charge in [0.15, 0.2) is 0 Å². The molecule has 3 heteroatoms. The number of piperazine rings is 1. The van der Waals surface area contributed by atoms with Gasteiger partial charge in [-0.1, -0.05) is 45.4 Å². The van der Waals surface area contributed by atoms with Crippen molar-refractivity contribution in [2.24, 2.45) is 11.8 Å². The molecule has 0 aromatic carbocycles. The van der Waals surface area contributed by atoms with Crippen LogP contribution in [0.15, 0.2) is 11.6 Å². The van der Waals surface area contributed by atoms with Crippen LogP contribution in [0, 0.1) is 11.8 Å². The van der Waals surface area contributed by atoms with Crippen molar-refractivity contribution in [1.82, 2.24) is 10.2 Å². The third-order valence-electron chi connectivity index (χ3n) is 3.49. The van der Waals surface area contributed by atoms with Crippen LogP contribution in [-0.4, -0.2) is 36.6 Å². The van der Waals surface area contributed by atoms with Gasteiger partial charge in [-0.3, -0.25) is 4.90 Å². The average molecular weight is 259 g/mol. The average Bonchev–Trinajstić information content (AvgIpc) is 2.25. The van der Waals surface area contributed by atoms with Crippen molar-refractivity contribution in [3.8, 4) is 0 Å². The van der Waals surface area contributed by atoms with Crippen molar-refractivity contribution in [2.75, 3.05) is 19.6 Å². The first-order chi connectivity index (χ1) is 8.04. The van der Waals surface area contributed by atoms with E-state index in [1.807, 2.05) is 0 Å². The Hall–Kier alpha value is -0.0500. The van der Waals surface area contributed by atoms with E-state index >= 15 is 0 Å². The standard InChI is InChI=1S/C14H27ClN2/c1-11(2)8-13-10-17(7-5-6-15)14(9-16-13)12(3)4/h5-6,11-14,16H,7-10H2,1-4H3/b6-5+. The minimum Gasteiger partial charge on any atom is -0.311 e. The highest BCUT2D eigenvalue weighted by atomic mass is 35.5. The predicted octanol–water partition coefficient (Wildman–Crippen LogP) is 3.08. The predicted molar refractivity (Wildman–Crippen MR) is 76.4 cm³/mol. The second-order valence-electron chi connectivity index (χ2n) is 5.86. The molecule has 1 saturated heterocycles. The summed E-state index contributed by atoms with van der Waals surface area (Å²) in [5, 5.41) is 3.69. The van der Waals surface area contributed by atoms with E-state index in [1.54, 1.807) is 5.54 Å². The van der Waals surface area contributed by atoms with E-state index < -0.39 is 0 Å². The van der Waals surface area contributed by atoms with E-state index in [1.165, 1.54) is 6.42 Å². The van der Waals surface area contributed by atoms with Crippen molar-refractivity contribution in [3.63, 3.8) is 0 Å². The maximum atomic E-state index is 5.65. The van der Waals surface area contributed by atoms with Crippen molar-refractivity contribution < 1.29 is 0 Å². The second kappa shape index (κ2) is 7.40. The smallest absolute Gasteiger partial charge is 0.0247 e. The number of hydrogen-bond donors (Lipinski definition) is 1. The Morgan fingerprint density at radius 2 is 2.06 bits per heavy atom. The molecule has 2 nitrogen and oxygen atoms in total. The molecule has 0 radical (unpaired) electrons. The van der Waals surface area contributed by atoms with Gasteiger partial charge in [-0.05, 0) is 18.3 Å². The maximum absolute atomic E-state index is 5.65. The van der Waals surface area contributed by atoms with Crippen LogP contribution >= 0.6 is 11.6 Å². The molecule has 2 unspecified atom stereocenters. The van der Waals surface area contributed by atoms with Crippen LogP contribution in [0.25, 0.3) is 0 Å². The zero-order chi connectivity index (χ0) is 12.8. The molecule has 1 aliphatic rings. The Labute approximate surface area is 111 Å². The van der Waals surface area contributed by atoms with E-state index in [0.717, 1.165) is 25.6 Å². The third kappa shape index (κ3) is 4.99. The summed E-state index contributed by atoms with van der Waals surface area (Å²) < 4.78 is 0. The molecule has 0 amide bonds.